The molecule has 0 saturated carbocycles. The molecule has 1 aromatic carbocycles. The van der Waals surface area contributed by atoms with Crippen molar-refractivity contribution in [3.8, 4) is 0 Å². The first-order valence-corrected chi connectivity index (χ1v) is 8.86. The highest BCUT2D eigenvalue weighted by Crippen LogP contribution is 2.31. The second-order valence-corrected chi connectivity index (χ2v) is 7.88. The third-order valence-corrected chi connectivity index (χ3v) is 4.33. The van der Waals surface area contributed by atoms with Gasteiger partial charge >= 0.3 is 6.03 Å². The minimum absolute atomic E-state index is 0.119. The van der Waals surface area contributed by atoms with Gasteiger partial charge in [-0.2, -0.15) is 0 Å². The molecule has 1 heterocycles. The van der Waals surface area contributed by atoms with Crippen LogP contribution in [0.25, 0.3) is 0 Å². The number of urea groups is 1. The van der Waals surface area contributed by atoms with E-state index in [-0.39, 0.29) is 12.2 Å². The quantitative estimate of drug-likeness (QED) is 0.753. The molecule has 1 aromatic rings. The van der Waals surface area contributed by atoms with Crippen LogP contribution in [0.2, 0.25) is 0 Å². The number of nitrogens with zero attached hydrogens (tertiary/aromatic N) is 2. The SMILES string of the molecule is CC(C)CN(CC(C)C)CN1C(=O)NC(C)(c2cc(F)ccc2F)C1=O. The van der Waals surface area contributed by atoms with Crippen molar-refractivity contribution in [1.82, 2.24) is 15.1 Å². The van der Waals surface area contributed by atoms with Gasteiger partial charge in [-0.3, -0.25) is 9.69 Å². The molecule has 26 heavy (non-hydrogen) atoms. The summed E-state index contributed by atoms with van der Waals surface area (Å²) >= 11 is 0. The standard InChI is InChI=1S/C19H27F2N3O2/c1-12(2)9-23(10-13(3)4)11-24-17(25)19(5,22-18(24)26)15-8-14(20)6-7-16(15)21/h6-8,12-13H,9-11H2,1-5H3,(H,22,26). The number of imide groups is 1. The van der Waals surface area contributed by atoms with Gasteiger partial charge in [0.25, 0.3) is 5.91 Å². The average molecular weight is 367 g/mol. The number of rotatable bonds is 7. The van der Waals surface area contributed by atoms with E-state index in [0.717, 1.165) is 36.2 Å². The Labute approximate surface area is 153 Å². The summed E-state index contributed by atoms with van der Waals surface area (Å²) in [7, 11) is 0. The lowest BCUT2D eigenvalue weighted by atomic mass is 9.91. The summed E-state index contributed by atoms with van der Waals surface area (Å²) in [6.07, 6.45) is 0. The van der Waals surface area contributed by atoms with Crippen molar-refractivity contribution in [2.75, 3.05) is 19.8 Å². The van der Waals surface area contributed by atoms with Crippen molar-refractivity contribution in [1.29, 1.82) is 0 Å². The van der Waals surface area contributed by atoms with Crippen molar-refractivity contribution < 1.29 is 18.4 Å². The highest BCUT2D eigenvalue weighted by molar-refractivity contribution is 6.07. The number of amides is 3. The van der Waals surface area contributed by atoms with Gasteiger partial charge in [0.05, 0.1) is 6.67 Å². The lowest BCUT2D eigenvalue weighted by molar-refractivity contribution is -0.132. The van der Waals surface area contributed by atoms with Crippen LogP contribution in [0.15, 0.2) is 18.2 Å². The van der Waals surface area contributed by atoms with E-state index in [0.29, 0.717) is 11.8 Å². The molecule has 0 aliphatic carbocycles. The summed E-state index contributed by atoms with van der Waals surface area (Å²) in [6.45, 7) is 11.2. The lowest BCUT2D eigenvalue weighted by Crippen LogP contribution is -2.46. The highest BCUT2D eigenvalue weighted by Gasteiger charge is 2.50. The van der Waals surface area contributed by atoms with Crippen molar-refractivity contribution in [2.45, 2.75) is 40.2 Å². The zero-order chi connectivity index (χ0) is 19.6. The second kappa shape index (κ2) is 7.70. The van der Waals surface area contributed by atoms with Gasteiger partial charge in [-0.1, -0.05) is 27.7 Å². The fraction of sp³-hybridized carbons (Fsp3) is 0.579. The van der Waals surface area contributed by atoms with Crippen LogP contribution in [-0.4, -0.2) is 41.5 Å². The Kier molecular flexibility index (Phi) is 6.01. The molecule has 1 fully saturated rings. The Morgan fingerprint density at radius 1 is 1.12 bits per heavy atom. The molecule has 1 saturated heterocycles. The van der Waals surface area contributed by atoms with Gasteiger partial charge in [0, 0.05) is 18.7 Å². The van der Waals surface area contributed by atoms with Gasteiger partial charge in [-0.15, -0.1) is 0 Å². The Hall–Kier alpha value is -2.02. The molecule has 144 valence electrons. The number of carbonyl (C=O) groups is 2. The molecule has 0 radical (unpaired) electrons. The van der Waals surface area contributed by atoms with Crippen molar-refractivity contribution in [2.24, 2.45) is 11.8 Å². The van der Waals surface area contributed by atoms with E-state index >= 15 is 0 Å². The summed E-state index contributed by atoms with van der Waals surface area (Å²) in [5.41, 5.74) is -1.79. The maximum atomic E-state index is 14.2. The van der Waals surface area contributed by atoms with Gasteiger partial charge in [0.15, 0.2) is 0 Å². The molecule has 0 spiro atoms. The molecular formula is C19H27F2N3O2. The molecule has 0 aromatic heterocycles. The summed E-state index contributed by atoms with van der Waals surface area (Å²) in [6, 6.07) is 2.30. The molecule has 1 atom stereocenters. The van der Waals surface area contributed by atoms with E-state index in [9.17, 15) is 18.4 Å². The van der Waals surface area contributed by atoms with Crippen molar-refractivity contribution in [3.05, 3.63) is 35.4 Å². The maximum absolute atomic E-state index is 14.2. The molecule has 2 rings (SSSR count). The fourth-order valence-corrected chi connectivity index (χ4v) is 3.31. The predicted octanol–water partition coefficient (Wildman–Crippen LogP) is 3.30. The molecule has 1 aliphatic heterocycles. The fourth-order valence-electron chi connectivity index (χ4n) is 3.31. The Bertz CT molecular complexity index is 683. The highest BCUT2D eigenvalue weighted by atomic mass is 19.1. The van der Waals surface area contributed by atoms with Crippen LogP contribution in [0.3, 0.4) is 0 Å². The molecule has 5 nitrogen and oxygen atoms in total. The average Bonchev–Trinajstić information content (AvgIpc) is 2.72. The topological polar surface area (TPSA) is 52.6 Å². The van der Waals surface area contributed by atoms with Crippen LogP contribution in [0, 0.1) is 23.5 Å². The van der Waals surface area contributed by atoms with Crippen LogP contribution in [-0.2, 0) is 10.3 Å². The number of hydrogen-bond acceptors (Lipinski definition) is 3. The summed E-state index contributed by atoms with van der Waals surface area (Å²) in [4.78, 5) is 28.5. The van der Waals surface area contributed by atoms with E-state index in [1.807, 2.05) is 4.90 Å². The monoisotopic (exact) mass is 367 g/mol. The smallest absolute Gasteiger partial charge is 0.319 e. The van der Waals surface area contributed by atoms with Crippen LogP contribution in [0.1, 0.15) is 40.2 Å². The number of nitrogens with one attached hydrogen (secondary N) is 1. The van der Waals surface area contributed by atoms with Gasteiger partial charge in [0.2, 0.25) is 0 Å². The molecule has 7 heteroatoms. The molecule has 1 unspecified atom stereocenters. The van der Waals surface area contributed by atoms with Crippen LogP contribution in [0.4, 0.5) is 13.6 Å². The predicted molar refractivity (Wildman–Crippen MR) is 95.2 cm³/mol. The first kappa shape index (κ1) is 20.3. The second-order valence-electron chi connectivity index (χ2n) is 7.88. The number of benzene rings is 1. The minimum Gasteiger partial charge on any atom is -0.319 e. The van der Waals surface area contributed by atoms with Gasteiger partial charge < -0.3 is 5.32 Å². The van der Waals surface area contributed by atoms with Gasteiger partial charge in [-0.25, -0.2) is 18.5 Å². The van der Waals surface area contributed by atoms with E-state index in [4.69, 9.17) is 0 Å². The molecule has 3 amide bonds. The van der Waals surface area contributed by atoms with Gasteiger partial charge in [-0.05, 0) is 37.0 Å². The van der Waals surface area contributed by atoms with E-state index in [1.54, 1.807) is 0 Å². The Balaban J connectivity index is 2.28. The van der Waals surface area contributed by atoms with E-state index in [1.165, 1.54) is 6.92 Å². The maximum Gasteiger partial charge on any atom is 0.326 e. The Morgan fingerprint density at radius 2 is 1.69 bits per heavy atom. The van der Waals surface area contributed by atoms with Crippen molar-refractivity contribution >= 4 is 11.9 Å². The third-order valence-electron chi connectivity index (χ3n) is 4.33. The lowest BCUT2D eigenvalue weighted by Gasteiger charge is -2.29. The van der Waals surface area contributed by atoms with Crippen LogP contribution >= 0.6 is 0 Å². The number of halogens is 2. The zero-order valence-corrected chi connectivity index (χ0v) is 16.0. The summed E-state index contributed by atoms with van der Waals surface area (Å²) < 4.78 is 27.8. The first-order valence-electron chi connectivity index (χ1n) is 8.86. The Morgan fingerprint density at radius 3 is 2.23 bits per heavy atom. The normalized spacial score (nSPS) is 20.6. The zero-order valence-electron chi connectivity index (χ0n) is 16.0. The minimum atomic E-state index is -1.62. The number of hydrogen-bond donors (Lipinski definition) is 1. The molecular weight excluding hydrogens is 340 g/mol. The summed E-state index contributed by atoms with van der Waals surface area (Å²) in [5.74, 6) is -1.25. The van der Waals surface area contributed by atoms with E-state index in [2.05, 4.69) is 33.0 Å². The van der Waals surface area contributed by atoms with Gasteiger partial charge in [0.1, 0.15) is 17.2 Å². The first-order chi connectivity index (χ1) is 12.0. The number of carbonyl (C=O) groups excluding carboxylic acids is 2. The van der Waals surface area contributed by atoms with Crippen molar-refractivity contribution in [3.63, 3.8) is 0 Å². The molecule has 0 bridgehead atoms. The van der Waals surface area contributed by atoms with Crippen LogP contribution in [0.5, 0.6) is 0 Å². The molecule has 1 aliphatic rings. The van der Waals surface area contributed by atoms with E-state index < -0.39 is 29.1 Å². The third kappa shape index (κ3) is 4.20. The van der Waals surface area contributed by atoms with Crippen LogP contribution < -0.4 is 5.32 Å². The summed E-state index contributed by atoms with van der Waals surface area (Å²) in [5, 5.41) is 2.53. The molecule has 1 N–H and O–H groups in total. The largest absolute Gasteiger partial charge is 0.326 e.